The molecule has 0 radical (unpaired) electrons. The van der Waals surface area contributed by atoms with Gasteiger partial charge in [-0.15, -0.1) is 11.3 Å². The number of rotatable bonds is 7. The Hall–Kier alpha value is -1.23. The van der Waals surface area contributed by atoms with Crippen molar-refractivity contribution in [2.24, 2.45) is 0 Å². The molecule has 2 aromatic rings. The number of benzene rings is 1. The van der Waals surface area contributed by atoms with Crippen LogP contribution in [0.15, 0.2) is 30.3 Å². The average molecular weight is 304 g/mol. The average Bonchev–Trinajstić information content (AvgIpc) is 2.90. The number of aromatic nitrogens is 1. The lowest BCUT2D eigenvalue weighted by Crippen LogP contribution is -2.18. The fraction of sp³-hybridized carbons (Fsp3) is 0.471. The summed E-state index contributed by atoms with van der Waals surface area (Å²) >= 11 is 1.79. The lowest BCUT2D eigenvalue weighted by molar-refractivity contribution is 0.181. The highest BCUT2D eigenvalue weighted by atomic mass is 32.1. The molecule has 1 aromatic carbocycles. The van der Waals surface area contributed by atoms with Gasteiger partial charge in [-0.2, -0.15) is 0 Å². The molecule has 21 heavy (non-hydrogen) atoms. The molecule has 114 valence electrons. The van der Waals surface area contributed by atoms with Crippen LogP contribution < -0.4 is 5.32 Å². The largest absolute Gasteiger partial charge is 0.378 e. The molecule has 1 N–H and O–H groups in total. The summed E-state index contributed by atoms with van der Waals surface area (Å²) in [7, 11) is 1.72. The Labute approximate surface area is 131 Å². The summed E-state index contributed by atoms with van der Waals surface area (Å²) in [4.78, 5) is 6.13. The van der Waals surface area contributed by atoms with Gasteiger partial charge in [0.15, 0.2) is 0 Å². The lowest BCUT2D eigenvalue weighted by Gasteiger charge is -2.22. The Balaban J connectivity index is 2.34. The third-order valence-corrected chi connectivity index (χ3v) is 5.05. The van der Waals surface area contributed by atoms with E-state index in [1.54, 1.807) is 18.4 Å². The second kappa shape index (κ2) is 7.16. The van der Waals surface area contributed by atoms with Gasteiger partial charge in [-0.3, -0.25) is 0 Å². The zero-order chi connectivity index (χ0) is 15.3. The topological polar surface area (TPSA) is 34.2 Å². The SMILES string of the molecule is CCNCc1sc(C(C)(C)c2ccccc2)nc1COC. The van der Waals surface area contributed by atoms with Crippen LogP contribution in [0, 0.1) is 0 Å². The predicted molar refractivity (Wildman–Crippen MR) is 88.8 cm³/mol. The van der Waals surface area contributed by atoms with Crippen molar-refractivity contribution >= 4 is 11.3 Å². The highest BCUT2D eigenvalue weighted by Crippen LogP contribution is 2.35. The van der Waals surface area contributed by atoms with E-state index in [0.29, 0.717) is 6.61 Å². The number of nitrogens with one attached hydrogen (secondary N) is 1. The fourth-order valence-corrected chi connectivity index (χ4v) is 3.41. The minimum absolute atomic E-state index is 0.0844. The summed E-state index contributed by atoms with van der Waals surface area (Å²) in [6, 6.07) is 10.6. The molecule has 1 heterocycles. The molecule has 1 aromatic heterocycles. The maximum absolute atomic E-state index is 5.30. The van der Waals surface area contributed by atoms with Crippen molar-refractivity contribution in [1.82, 2.24) is 10.3 Å². The monoisotopic (exact) mass is 304 g/mol. The zero-order valence-electron chi connectivity index (χ0n) is 13.3. The fourth-order valence-electron chi connectivity index (χ4n) is 2.26. The van der Waals surface area contributed by atoms with Crippen LogP contribution in [-0.2, 0) is 23.3 Å². The van der Waals surface area contributed by atoms with Gasteiger partial charge >= 0.3 is 0 Å². The van der Waals surface area contributed by atoms with Gasteiger partial charge in [0.05, 0.1) is 12.3 Å². The van der Waals surface area contributed by atoms with Gasteiger partial charge in [0.1, 0.15) is 5.01 Å². The van der Waals surface area contributed by atoms with E-state index in [1.807, 2.05) is 6.07 Å². The van der Waals surface area contributed by atoms with E-state index in [4.69, 9.17) is 9.72 Å². The minimum Gasteiger partial charge on any atom is -0.378 e. The molecular weight excluding hydrogens is 280 g/mol. The summed E-state index contributed by atoms with van der Waals surface area (Å²) in [5, 5.41) is 4.53. The molecule has 4 heteroatoms. The van der Waals surface area contributed by atoms with Crippen molar-refractivity contribution in [3.05, 3.63) is 51.5 Å². The summed E-state index contributed by atoms with van der Waals surface area (Å²) < 4.78 is 5.30. The van der Waals surface area contributed by atoms with E-state index in [0.717, 1.165) is 23.8 Å². The van der Waals surface area contributed by atoms with E-state index in [1.165, 1.54) is 10.4 Å². The highest BCUT2D eigenvalue weighted by molar-refractivity contribution is 7.12. The smallest absolute Gasteiger partial charge is 0.103 e. The molecule has 0 amide bonds. The Bertz CT molecular complexity index is 563. The van der Waals surface area contributed by atoms with Crippen molar-refractivity contribution in [2.45, 2.75) is 39.3 Å². The first kappa shape index (κ1) is 16.1. The third kappa shape index (κ3) is 3.70. The molecule has 0 saturated carbocycles. The Morgan fingerprint density at radius 1 is 1.24 bits per heavy atom. The molecule has 3 nitrogen and oxygen atoms in total. The first-order valence-electron chi connectivity index (χ1n) is 7.33. The van der Waals surface area contributed by atoms with E-state index < -0.39 is 0 Å². The van der Waals surface area contributed by atoms with Gasteiger partial charge in [0.2, 0.25) is 0 Å². The van der Waals surface area contributed by atoms with E-state index >= 15 is 0 Å². The van der Waals surface area contributed by atoms with Crippen LogP contribution in [0.3, 0.4) is 0 Å². The van der Waals surface area contributed by atoms with Gasteiger partial charge < -0.3 is 10.1 Å². The van der Waals surface area contributed by atoms with Crippen LogP contribution in [0.4, 0.5) is 0 Å². The summed E-state index contributed by atoms with van der Waals surface area (Å²) in [6.45, 7) is 8.97. The molecule has 2 rings (SSSR count). The van der Waals surface area contributed by atoms with Gasteiger partial charge in [0.25, 0.3) is 0 Å². The first-order chi connectivity index (χ1) is 10.1. The van der Waals surface area contributed by atoms with Crippen molar-refractivity contribution in [2.75, 3.05) is 13.7 Å². The number of ether oxygens (including phenoxy) is 1. The molecule has 0 aliphatic rings. The van der Waals surface area contributed by atoms with Crippen LogP contribution in [-0.4, -0.2) is 18.6 Å². The normalized spacial score (nSPS) is 11.8. The van der Waals surface area contributed by atoms with Crippen LogP contribution in [0.5, 0.6) is 0 Å². The number of nitrogens with zero attached hydrogens (tertiary/aromatic N) is 1. The van der Waals surface area contributed by atoms with Gasteiger partial charge in [-0.05, 0) is 26.0 Å². The second-order valence-electron chi connectivity index (χ2n) is 5.59. The van der Waals surface area contributed by atoms with E-state index in [2.05, 4.69) is 50.4 Å². The predicted octanol–water partition coefficient (Wildman–Crippen LogP) is 3.72. The van der Waals surface area contributed by atoms with Gasteiger partial charge in [-0.1, -0.05) is 37.3 Å². The van der Waals surface area contributed by atoms with E-state index in [-0.39, 0.29) is 5.41 Å². The molecule has 0 aliphatic heterocycles. The second-order valence-corrected chi connectivity index (χ2v) is 6.68. The number of hydrogen-bond donors (Lipinski definition) is 1. The van der Waals surface area contributed by atoms with Crippen molar-refractivity contribution in [3.8, 4) is 0 Å². The maximum Gasteiger partial charge on any atom is 0.103 e. The Morgan fingerprint density at radius 3 is 2.57 bits per heavy atom. The first-order valence-corrected chi connectivity index (χ1v) is 8.15. The molecule has 0 bridgehead atoms. The molecule has 0 unspecified atom stereocenters. The molecule has 0 spiro atoms. The van der Waals surface area contributed by atoms with Crippen molar-refractivity contribution in [3.63, 3.8) is 0 Å². The molecule has 0 aliphatic carbocycles. The quantitative estimate of drug-likeness (QED) is 0.846. The highest BCUT2D eigenvalue weighted by Gasteiger charge is 2.28. The molecule has 0 fully saturated rings. The molecule has 0 saturated heterocycles. The minimum atomic E-state index is -0.0844. The Morgan fingerprint density at radius 2 is 1.95 bits per heavy atom. The number of thiazole rings is 1. The van der Waals surface area contributed by atoms with Gasteiger partial charge in [-0.25, -0.2) is 4.98 Å². The molecule has 0 atom stereocenters. The maximum atomic E-state index is 5.30. The summed E-state index contributed by atoms with van der Waals surface area (Å²) in [6.07, 6.45) is 0. The van der Waals surface area contributed by atoms with Crippen LogP contribution in [0.2, 0.25) is 0 Å². The summed E-state index contributed by atoms with van der Waals surface area (Å²) in [5.41, 5.74) is 2.26. The van der Waals surface area contributed by atoms with Crippen LogP contribution >= 0.6 is 11.3 Å². The van der Waals surface area contributed by atoms with Crippen molar-refractivity contribution in [1.29, 1.82) is 0 Å². The van der Waals surface area contributed by atoms with Crippen LogP contribution in [0.25, 0.3) is 0 Å². The van der Waals surface area contributed by atoms with Crippen LogP contribution in [0.1, 0.15) is 41.9 Å². The van der Waals surface area contributed by atoms with E-state index in [9.17, 15) is 0 Å². The number of methoxy groups -OCH3 is 1. The van der Waals surface area contributed by atoms with Gasteiger partial charge in [0, 0.05) is 23.9 Å². The lowest BCUT2D eigenvalue weighted by atomic mass is 9.85. The third-order valence-electron chi connectivity index (χ3n) is 3.63. The van der Waals surface area contributed by atoms with Crippen molar-refractivity contribution < 1.29 is 4.74 Å². The Kier molecular flexibility index (Phi) is 5.51. The standard InChI is InChI=1S/C17H24N2OS/c1-5-18-11-15-14(12-20-4)19-16(21-15)17(2,3)13-9-7-6-8-10-13/h6-10,18H,5,11-12H2,1-4H3. The summed E-state index contributed by atoms with van der Waals surface area (Å²) in [5.74, 6) is 0. The number of hydrogen-bond acceptors (Lipinski definition) is 4. The zero-order valence-corrected chi connectivity index (χ0v) is 14.1. The molecular formula is C17H24N2OS.